The lowest BCUT2D eigenvalue weighted by Crippen LogP contribution is -2.41. The summed E-state index contributed by atoms with van der Waals surface area (Å²) in [7, 11) is 1.63. The summed E-state index contributed by atoms with van der Waals surface area (Å²) in [5.41, 5.74) is 1.95. The molecule has 1 aliphatic rings. The largest absolute Gasteiger partial charge is 0.493 e. The summed E-state index contributed by atoms with van der Waals surface area (Å²) in [5.74, 6) is 1.33. The van der Waals surface area contributed by atoms with Crippen LogP contribution in [0.4, 0.5) is 0 Å². The zero-order valence-corrected chi connectivity index (χ0v) is 17.5. The summed E-state index contributed by atoms with van der Waals surface area (Å²) in [6.07, 6.45) is 0. The molecule has 0 radical (unpaired) electrons. The molecule has 0 saturated carbocycles. The Morgan fingerprint density at radius 1 is 1.14 bits per heavy atom. The molecule has 0 amide bonds. The maximum Gasteiger partial charge on any atom is 0.161 e. The van der Waals surface area contributed by atoms with Gasteiger partial charge in [-0.1, -0.05) is 36.0 Å². The summed E-state index contributed by atoms with van der Waals surface area (Å²) in [6.45, 7) is 5.75. The van der Waals surface area contributed by atoms with E-state index in [9.17, 15) is 0 Å². The fourth-order valence-corrected chi connectivity index (χ4v) is 3.28. The predicted molar refractivity (Wildman–Crippen MR) is 116 cm³/mol. The molecule has 2 aromatic rings. The van der Waals surface area contributed by atoms with Crippen LogP contribution in [0, 0.1) is 0 Å². The van der Waals surface area contributed by atoms with Gasteiger partial charge in [-0.15, -0.1) is 0 Å². The second-order valence-corrected chi connectivity index (χ2v) is 7.34. The van der Waals surface area contributed by atoms with E-state index < -0.39 is 0 Å². The number of ether oxygens (including phenoxy) is 3. The lowest BCUT2D eigenvalue weighted by Gasteiger charge is -2.26. The maximum absolute atomic E-state index is 5.92. The normalized spacial score (nSPS) is 14.5. The van der Waals surface area contributed by atoms with Crippen LogP contribution in [0.2, 0.25) is 5.02 Å². The van der Waals surface area contributed by atoms with E-state index in [2.05, 4.69) is 10.2 Å². The molecule has 28 heavy (non-hydrogen) atoms. The van der Waals surface area contributed by atoms with Crippen molar-refractivity contribution in [3.05, 3.63) is 58.6 Å². The molecule has 0 aliphatic carbocycles. The van der Waals surface area contributed by atoms with Gasteiger partial charge in [0.1, 0.15) is 11.6 Å². The molecule has 2 aromatic carbocycles. The Labute approximate surface area is 176 Å². The standard InChI is InChI=1S/C21H25ClN2O3S/c1-25-20-14-17(21(28)23-8-9-24-10-12-26-13-11-24)4-7-19(20)27-15-16-2-5-18(22)6-3-16/h2-7,14H,8-13,15H2,1H3,(H,23,28). The molecular weight excluding hydrogens is 396 g/mol. The third-order valence-electron chi connectivity index (χ3n) is 4.55. The van der Waals surface area contributed by atoms with Crippen LogP contribution in [0.25, 0.3) is 0 Å². The molecule has 1 heterocycles. The van der Waals surface area contributed by atoms with Gasteiger partial charge >= 0.3 is 0 Å². The Bertz CT molecular complexity index is 780. The molecule has 0 aromatic heterocycles. The number of thiocarbonyl (C=S) groups is 1. The minimum Gasteiger partial charge on any atom is -0.493 e. The van der Waals surface area contributed by atoms with Crippen molar-refractivity contribution in [2.75, 3.05) is 46.5 Å². The summed E-state index contributed by atoms with van der Waals surface area (Å²) in [6, 6.07) is 13.3. The molecule has 0 bridgehead atoms. The first-order valence-electron chi connectivity index (χ1n) is 9.29. The molecule has 0 atom stereocenters. The van der Waals surface area contributed by atoms with Crippen LogP contribution in [-0.4, -0.2) is 56.4 Å². The van der Waals surface area contributed by atoms with Crippen LogP contribution in [-0.2, 0) is 11.3 Å². The Balaban J connectivity index is 1.53. The highest BCUT2D eigenvalue weighted by Gasteiger charge is 2.12. The van der Waals surface area contributed by atoms with Crippen LogP contribution >= 0.6 is 23.8 Å². The van der Waals surface area contributed by atoms with Crippen LogP contribution in [0.15, 0.2) is 42.5 Å². The summed E-state index contributed by atoms with van der Waals surface area (Å²) >= 11 is 11.4. The van der Waals surface area contributed by atoms with Gasteiger partial charge in [-0.3, -0.25) is 4.90 Å². The van der Waals surface area contributed by atoms with Crippen molar-refractivity contribution in [3.8, 4) is 11.5 Å². The van der Waals surface area contributed by atoms with Gasteiger partial charge in [0, 0.05) is 36.8 Å². The van der Waals surface area contributed by atoms with E-state index in [0.29, 0.717) is 28.1 Å². The number of benzene rings is 2. The average molecular weight is 421 g/mol. The highest BCUT2D eigenvalue weighted by atomic mass is 35.5. The quantitative estimate of drug-likeness (QED) is 0.659. The van der Waals surface area contributed by atoms with Crippen molar-refractivity contribution in [2.45, 2.75) is 6.61 Å². The Morgan fingerprint density at radius 3 is 2.61 bits per heavy atom. The molecule has 150 valence electrons. The first-order chi connectivity index (χ1) is 13.7. The van der Waals surface area contributed by atoms with Gasteiger partial charge in [-0.25, -0.2) is 0 Å². The fourth-order valence-electron chi connectivity index (χ4n) is 2.92. The molecule has 5 nitrogen and oxygen atoms in total. The second kappa shape index (κ2) is 10.6. The van der Waals surface area contributed by atoms with E-state index in [4.69, 9.17) is 38.0 Å². The average Bonchev–Trinajstić information content (AvgIpc) is 2.74. The number of nitrogens with one attached hydrogen (secondary N) is 1. The molecule has 3 rings (SSSR count). The summed E-state index contributed by atoms with van der Waals surface area (Å²) < 4.78 is 16.8. The number of nitrogens with zero attached hydrogens (tertiary/aromatic N) is 1. The Hall–Kier alpha value is -1.86. The molecule has 0 unspecified atom stereocenters. The van der Waals surface area contributed by atoms with Crippen LogP contribution < -0.4 is 14.8 Å². The van der Waals surface area contributed by atoms with E-state index in [1.54, 1.807) is 7.11 Å². The zero-order valence-electron chi connectivity index (χ0n) is 15.9. The third-order valence-corrected chi connectivity index (χ3v) is 5.18. The van der Waals surface area contributed by atoms with Crippen LogP contribution in [0.3, 0.4) is 0 Å². The van der Waals surface area contributed by atoms with Gasteiger partial charge in [-0.2, -0.15) is 0 Å². The topological polar surface area (TPSA) is 43.0 Å². The van der Waals surface area contributed by atoms with Crippen molar-refractivity contribution in [1.82, 2.24) is 10.2 Å². The first kappa shape index (κ1) is 20.9. The molecule has 1 aliphatic heterocycles. The van der Waals surface area contributed by atoms with Gasteiger partial charge in [0.05, 0.1) is 20.3 Å². The second-order valence-electron chi connectivity index (χ2n) is 6.49. The molecule has 7 heteroatoms. The van der Waals surface area contributed by atoms with Gasteiger partial charge in [0.25, 0.3) is 0 Å². The fraction of sp³-hybridized carbons (Fsp3) is 0.381. The van der Waals surface area contributed by atoms with Crippen LogP contribution in [0.5, 0.6) is 11.5 Å². The Kier molecular flexibility index (Phi) is 7.91. The lowest BCUT2D eigenvalue weighted by molar-refractivity contribution is 0.0389. The highest BCUT2D eigenvalue weighted by molar-refractivity contribution is 7.80. The number of hydrogen-bond acceptors (Lipinski definition) is 5. The van der Waals surface area contributed by atoms with Gasteiger partial charge in [0.2, 0.25) is 0 Å². The minimum atomic E-state index is 0.440. The van der Waals surface area contributed by atoms with E-state index >= 15 is 0 Å². The van der Waals surface area contributed by atoms with Crippen molar-refractivity contribution in [2.24, 2.45) is 0 Å². The molecule has 1 fully saturated rings. The third kappa shape index (κ3) is 6.07. The zero-order chi connectivity index (χ0) is 19.8. The smallest absolute Gasteiger partial charge is 0.161 e. The highest BCUT2D eigenvalue weighted by Crippen LogP contribution is 2.29. The van der Waals surface area contributed by atoms with E-state index in [0.717, 1.165) is 50.5 Å². The summed E-state index contributed by atoms with van der Waals surface area (Å²) in [4.78, 5) is 3.07. The van der Waals surface area contributed by atoms with Crippen LogP contribution in [0.1, 0.15) is 11.1 Å². The summed E-state index contributed by atoms with van der Waals surface area (Å²) in [5, 5.41) is 4.03. The van der Waals surface area contributed by atoms with E-state index in [1.165, 1.54) is 0 Å². The van der Waals surface area contributed by atoms with Crippen molar-refractivity contribution in [1.29, 1.82) is 0 Å². The maximum atomic E-state index is 5.92. The van der Waals surface area contributed by atoms with Gasteiger partial charge in [-0.05, 0) is 35.9 Å². The van der Waals surface area contributed by atoms with Gasteiger partial charge in [0.15, 0.2) is 11.5 Å². The first-order valence-corrected chi connectivity index (χ1v) is 10.1. The van der Waals surface area contributed by atoms with E-state index in [1.807, 2.05) is 42.5 Å². The predicted octanol–water partition coefficient (Wildman–Crippen LogP) is 3.52. The number of halogens is 1. The monoisotopic (exact) mass is 420 g/mol. The van der Waals surface area contributed by atoms with Crippen molar-refractivity contribution < 1.29 is 14.2 Å². The molecule has 1 saturated heterocycles. The number of hydrogen-bond donors (Lipinski definition) is 1. The molecule has 0 spiro atoms. The lowest BCUT2D eigenvalue weighted by atomic mass is 10.2. The SMILES string of the molecule is COc1cc(C(=S)NCCN2CCOCC2)ccc1OCc1ccc(Cl)cc1. The van der Waals surface area contributed by atoms with E-state index in [-0.39, 0.29) is 0 Å². The molecular formula is C21H25ClN2O3S. The molecule has 1 N–H and O–H groups in total. The number of rotatable bonds is 8. The van der Waals surface area contributed by atoms with Gasteiger partial charge < -0.3 is 19.5 Å². The van der Waals surface area contributed by atoms with Crippen molar-refractivity contribution >= 4 is 28.8 Å². The van der Waals surface area contributed by atoms with Crippen molar-refractivity contribution in [3.63, 3.8) is 0 Å². The number of morpholine rings is 1. The minimum absolute atomic E-state index is 0.440. The number of methoxy groups -OCH3 is 1. The Morgan fingerprint density at radius 2 is 1.89 bits per heavy atom.